The van der Waals surface area contributed by atoms with Gasteiger partial charge in [-0.15, -0.1) is 0 Å². The Balaban J connectivity index is 1.54. The van der Waals surface area contributed by atoms with Crippen molar-refractivity contribution in [3.8, 4) is 34.3 Å². The van der Waals surface area contributed by atoms with Crippen molar-refractivity contribution in [2.75, 3.05) is 13.2 Å². The molecule has 5 rings (SSSR count). The van der Waals surface area contributed by atoms with Crippen molar-refractivity contribution in [1.82, 2.24) is 0 Å². The van der Waals surface area contributed by atoms with Crippen molar-refractivity contribution in [3.05, 3.63) is 46.1 Å². The minimum atomic E-state index is -1.87. The van der Waals surface area contributed by atoms with E-state index in [0.717, 1.165) is 18.2 Å². The summed E-state index contributed by atoms with van der Waals surface area (Å²) < 4.78 is 22.1. The Kier molecular flexibility index (Phi) is 8.52. The zero-order valence-corrected chi connectivity index (χ0v) is 22.0. The summed E-state index contributed by atoms with van der Waals surface area (Å²) in [6, 6.07) is 5.34. The van der Waals surface area contributed by atoms with Crippen LogP contribution in [-0.4, -0.2) is 125 Å². The van der Waals surface area contributed by atoms with Gasteiger partial charge in [0.05, 0.1) is 18.8 Å². The largest absolute Gasteiger partial charge is 0.507 e. The molecule has 2 fully saturated rings. The second-order valence-corrected chi connectivity index (χ2v) is 10.3. The number of phenols is 3. The van der Waals surface area contributed by atoms with Crippen molar-refractivity contribution < 1.29 is 74.8 Å². The van der Waals surface area contributed by atoms with E-state index in [4.69, 9.17) is 18.6 Å². The Bertz CT molecular complexity index is 1540. The number of phenolic OH excluding ortho intramolecular Hbond substituents is 3. The van der Waals surface area contributed by atoms with Crippen molar-refractivity contribution in [1.29, 1.82) is 0 Å². The third kappa shape index (κ3) is 5.38. The van der Waals surface area contributed by atoms with Crippen LogP contribution in [0.1, 0.15) is 11.7 Å². The number of aliphatic hydroxyl groups excluding tert-OH is 8. The van der Waals surface area contributed by atoms with Crippen LogP contribution in [0.4, 0.5) is 0 Å². The molecular formula is C27H30O16. The fourth-order valence-electron chi connectivity index (χ4n) is 5.14. The monoisotopic (exact) mass is 610 g/mol. The summed E-state index contributed by atoms with van der Waals surface area (Å²) in [7, 11) is 0. The van der Waals surface area contributed by atoms with Gasteiger partial charge in [-0.2, -0.15) is 0 Å². The van der Waals surface area contributed by atoms with Gasteiger partial charge in [-0.05, 0) is 18.2 Å². The Morgan fingerprint density at radius 3 is 1.95 bits per heavy atom. The standard InChI is InChI=1S/C27H30O16/c28-6-15-19(34)21(36)23(38)26(41-15)18-11(32)4-10(31)17-12(33)5-14(40-25(17)18)8-1-2-13(9(30)3-8)42-27-24(39)22(37)20(35)16(7-29)43-27/h1-5,15-16,19-24,26-32,34-39H,6-7H2. The van der Waals surface area contributed by atoms with Crippen LogP contribution in [0.25, 0.3) is 22.3 Å². The van der Waals surface area contributed by atoms with Crippen LogP contribution < -0.4 is 10.2 Å². The molecule has 0 spiro atoms. The van der Waals surface area contributed by atoms with Crippen LogP contribution >= 0.6 is 0 Å². The normalized spacial score (nSPS) is 33.0. The lowest BCUT2D eigenvalue weighted by atomic mass is 9.89. The van der Waals surface area contributed by atoms with Crippen LogP contribution in [0.2, 0.25) is 0 Å². The first-order chi connectivity index (χ1) is 20.4. The lowest BCUT2D eigenvalue weighted by molar-refractivity contribution is -0.277. The maximum absolute atomic E-state index is 13.1. The number of aromatic hydroxyl groups is 3. The van der Waals surface area contributed by atoms with Gasteiger partial charge in [0.15, 0.2) is 22.5 Å². The Morgan fingerprint density at radius 2 is 1.33 bits per heavy atom. The lowest BCUT2D eigenvalue weighted by Gasteiger charge is -2.40. The van der Waals surface area contributed by atoms with E-state index >= 15 is 0 Å². The molecule has 3 aromatic rings. The molecule has 11 N–H and O–H groups in total. The molecule has 16 nitrogen and oxygen atoms in total. The minimum absolute atomic E-state index is 0.0558. The number of aliphatic hydroxyl groups is 8. The van der Waals surface area contributed by atoms with Crippen molar-refractivity contribution in [2.24, 2.45) is 0 Å². The number of hydrogen-bond acceptors (Lipinski definition) is 16. The predicted molar refractivity (Wildman–Crippen MR) is 140 cm³/mol. The zero-order chi connectivity index (χ0) is 31.3. The van der Waals surface area contributed by atoms with Crippen LogP contribution in [0.3, 0.4) is 0 Å². The fraction of sp³-hybridized carbons (Fsp3) is 0.444. The first kappa shape index (κ1) is 30.9. The third-order valence-electron chi connectivity index (χ3n) is 7.51. The van der Waals surface area contributed by atoms with Crippen LogP contribution in [-0.2, 0) is 9.47 Å². The maximum atomic E-state index is 13.1. The van der Waals surface area contributed by atoms with E-state index in [1.807, 2.05) is 0 Å². The summed E-state index contributed by atoms with van der Waals surface area (Å²) in [4.78, 5) is 13.1. The van der Waals surface area contributed by atoms with E-state index in [0.29, 0.717) is 0 Å². The van der Waals surface area contributed by atoms with Gasteiger partial charge in [-0.1, -0.05) is 0 Å². The summed E-state index contributed by atoms with van der Waals surface area (Å²) in [6.07, 6.45) is -16.4. The molecule has 0 saturated carbocycles. The highest BCUT2D eigenvalue weighted by Gasteiger charge is 2.47. The van der Waals surface area contributed by atoms with Gasteiger partial charge >= 0.3 is 0 Å². The first-order valence-corrected chi connectivity index (χ1v) is 13.0. The van der Waals surface area contributed by atoms with Crippen LogP contribution in [0.5, 0.6) is 23.0 Å². The van der Waals surface area contributed by atoms with Gasteiger partial charge < -0.3 is 74.8 Å². The van der Waals surface area contributed by atoms with Crippen molar-refractivity contribution in [2.45, 2.75) is 61.2 Å². The third-order valence-corrected chi connectivity index (χ3v) is 7.51. The van der Waals surface area contributed by atoms with Gasteiger partial charge in [0.1, 0.15) is 77.6 Å². The number of hydrogen-bond donors (Lipinski definition) is 11. The van der Waals surface area contributed by atoms with E-state index in [2.05, 4.69) is 0 Å². The second kappa shape index (κ2) is 11.9. The average Bonchev–Trinajstić information content (AvgIpc) is 2.97. The molecule has 2 aliphatic heterocycles. The van der Waals surface area contributed by atoms with Gasteiger partial charge in [-0.25, -0.2) is 0 Å². The van der Waals surface area contributed by atoms with E-state index in [1.165, 1.54) is 12.1 Å². The van der Waals surface area contributed by atoms with E-state index in [1.54, 1.807) is 0 Å². The molecule has 10 atom stereocenters. The highest BCUT2D eigenvalue weighted by molar-refractivity contribution is 5.89. The molecule has 16 heteroatoms. The molecule has 1 aromatic heterocycles. The molecule has 10 unspecified atom stereocenters. The van der Waals surface area contributed by atoms with Crippen LogP contribution in [0.15, 0.2) is 39.5 Å². The van der Waals surface area contributed by atoms with Crippen LogP contribution in [0, 0.1) is 0 Å². The van der Waals surface area contributed by atoms with Gasteiger partial charge in [-0.3, -0.25) is 4.79 Å². The quantitative estimate of drug-likeness (QED) is 0.135. The molecule has 0 radical (unpaired) electrons. The maximum Gasteiger partial charge on any atom is 0.229 e. The summed E-state index contributed by atoms with van der Waals surface area (Å²) in [5.74, 6) is -2.45. The molecule has 2 aromatic carbocycles. The van der Waals surface area contributed by atoms with Gasteiger partial charge in [0.2, 0.25) is 6.29 Å². The predicted octanol–water partition coefficient (Wildman–Crippen LogP) is -2.73. The minimum Gasteiger partial charge on any atom is -0.507 e. The highest BCUT2D eigenvalue weighted by atomic mass is 16.7. The average molecular weight is 611 g/mol. The van der Waals surface area contributed by atoms with Crippen molar-refractivity contribution in [3.63, 3.8) is 0 Å². The summed E-state index contributed by atoms with van der Waals surface area (Å²) in [6.45, 7) is -1.48. The SMILES string of the molecule is O=c1cc(-c2ccc(OC3OC(CO)C(O)C(O)C3O)c(O)c2)oc2c(C3OC(CO)C(O)C(O)C3O)c(O)cc(O)c12. The number of fused-ring (bicyclic) bond motifs is 1. The van der Waals surface area contributed by atoms with E-state index in [-0.39, 0.29) is 22.6 Å². The molecule has 0 aliphatic carbocycles. The highest BCUT2D eigenvalue weighted by Crippen LogP contribution is 2.44. The molecule has 2 aliphatic rings. The van der Waals surface area contributed by atoms with Crippen molar-refractivity contribution >= 4 is 11.0 Å². The summed E-state index contributed by atoms with van der Waals surface area (Å²) in [5.41, 5.74) is -1.61. The number of ether oxygens (including phenoxy) is 3. The van der Waals surface area contributed by atoms with Gasteiger partial charge in [0.25, 0.3) is 0 Å². The Hall–Kier alpha value is -3.55. The van der Waals surface area contributed by atoms with E-state index in [9.17, 15) is 61.0 Å². The number of rotatable bonds is 6. The summed E-state index contributed by atoms with van der Waals surface area (Å²) >= 11 is 0. The molecule has 43 heavy (non-hydrogen) atoms. The first-order valence-electron chi connectivity index (χ1n) is 13.0. The Labute approximate surface area is 241 Å². The second-order valence-electron chi connectivity index (χ2n) is 10.3. The smallest absolute Gasteiger partial charge is 0.229 e. The molecule has 3 heterocycles. The van der Waals surface area contributed by atoms with E-state index < -0.39 is 108 Å². The molecule has 234 valence electrons. The topological polar surface area (TPSA) is 280 Å². The molecule has 2 saturated heterocycles. The molecule has 0 bridgehead atoms. The zero-order valence-electron chi connectivity index (χ0n) is 22.0. The fourth-order valence-corrected chi connectivity index (χ4v) is 5.14. The molecular weight excluding hydrogens is 580 g/mol. The molecule has 0 amide bonds. The summed E-state index contributed by atoms with van der Waals surface area (Å²) in [5, 5.41) is 111. The lowest BCUT2D eigenvalue weighted by Crippen LogP contribution is -2.60. The van der Waals surface area contributed by atoms with Gasteiger partial charge in [0, 0.05) is 17.7 Å². The number of benzene rings is 2. The Morgan fingerprint density at radius 1 is 0.698 bits per heavy atom.